The van der Waals surface area contributed by atoms with E-state index >= 15 is 0 Å². The van der Waals surface area contributed by atoms with E-state index in [0.717, 1.165) is 11.8 Å². The summed E-state index contributed by atoms with van der Waals surface area (Å²) < 4.78 is 0. The van der Waals surface area contributed by atoms with Crippen LogP contribution in [0.4, 0.5) is 0 Å². The van der Waals surface area contributed by atoms with Gasteiger partial charge in [0.25, 0.3) is 0 Å². The maximum absolute atomic E-state index is 3.65. The van der Waals surface area contributed by atoms with E-state index < -0.39 is 0 Å². The second-order valence-electron chi connectivity index (χ2n) is 6.06. The van der Waals surface area contributed by atoms with Crippen molar-refractivity contribution in [1.82, 2.24) is 5.32 Å². The van der Waals surface area contributed by atoms with Gasteiger partial charge in [-0.1, -0.05) is 37.1 Å². The van der Waals surface area contributed by atoms with E-state index in [1.165, 1.54) is 44.9 Å². The fourth-order valence-corrected chi connectivity index (χ4v) is 4.25. The van der Waals surface area contributed by atoms with Gasteiger partial charge >= 0.3 is 0 Å². The van der Waals surface area contributed by atoms with Crippen molar-refractivity contribution >= 4 is 0 Å². The van der Waals surface area contributed by atoms with E-state index in [2.05, 4.69) is 36.6 Å². The summed E-state index contributed by atoms with van der Waals surface area (Å²) in [5, 5.41) is 3.65. The Bertz CT molecular complexity index is 392. The number of nitrogens with one attached hydrogen (secondary N) is 1. The van der Waals surface area contributed by atoms with Gasteiger partial charge in [-0.05, 0) is 62.1 Å². The Morgan fingerprint density at radius 3 is 2.61 bits per heavy atom. The van der Waals surface area contributed by atoms with Crippen LogP contribution in [0.25, 0.3) is 0 Å². The Kier molecular flexibility index (Phi) is 3.69. The van der Waals surface area contributed by atoms with Crippen LogP contribution in [0.15, 0.2) is 24.3 Å². The zero-order chi connectivity index (χ0) is 12.4. The standard InChI is InChI=1S/C17H25N/c1-18-17(14-8-2-3-9-14)16-12-6-10-13-7-4-5-11-15(13)16/h4-5,7,11,14,16-18H,2-3,6,8-10,12H2,1H3. The van der Waals surface area contributed by atoms with E-state index in [1.54, 1.807) is 11.1 Å². The first-order chi connectivity index (χ1) is 8.90. The van der Waals surface area contributed by atoms with Crippen LogP contribution in [0, 0.1) is 5.92 Å². The third-order valence-electron chi connectivity index (χ3n) is 5.09. The second kappa shape index (κ2) is 5.44. The Labute approximate surface area is 111 Å². The molecule has 2 aliphatic rings. The van der Waals surface area contributed by atoms with E-state index in [4.69, 9.17) is 0 Å². The lowest BCUT2D eigenvalue weighted by atomic mass is 9.74. The van der Waals surface area contributed by atoms with Crippen molar-refractivity contribution in [3.8, 4) is 0 Å². The number of rotatable bonds is 3. The minimum absolute atomic E-state index is 0.703. The summed E-state index contributed by atoms with van der Waals surface area (Å²) in [7, 11) is 2.17. The molecule has 1 heteroatoms. The topological polar surface area (TPSA) is 12.0 Å². The Hall–Kier alpha value is -0.820. The molecule has 18 heavy (non-hydrogen) atoms. The predicted octanol–water partition coefficient (Wildman–Crippen LogP) is 3.88. The van der Waals surface area contributed by atoms with Gasteiger partial charge in [-0.3, -0.25) is 0 Å². The molecular weight excluding hydrogens is 218 g/mol. The summed E-state index contributed by atoms with van der Waals surface area (Å²) in [6.07, 6.45) is 9.78. The molecule has 2 aliphatic carbocycles. The summed E-state index contributed by atoms with van der Waals surface area (Å²) in [4.78, 5) is 0. The number of benzene rings is 1. The van der Waals surface area contributed by atoms with Gasteiger partial charge in [-0.15, -0.1) is 0 Å². The number of likely N-dealkylation sites (N-methyl/N-ethyl adjacent to an activating group) is 1. The Balaban J connectivity index is 1.87. The number of fused-ring (bicyclic) bond motifs is 1. The normalized spacial score (nSPS) is 25.9. The van der Waals surface area contributed by atoms with Crippen molar-refractivity contribution in [2.24, 2.45) is 5.92 Å². The molecule has 0 amide bonds. The highest BCUT2D eigenvalue weighted by Gasteiger charge is 2.33. The third kappa shape index (κ3) is 2.21. The van der Waals surface area contributed by atoms with Gasteiger partial charge < -0.3 is 5.32 Å². The Morgan fingerprint density at radius 1 is 1.06 bits per heavy atom. The average Bonchev–Trinajstić information content (AvgIpc) is 2.94. The van der Waals surface area contributed by atoms with Crippen molar-refractivity contribution in [3.63, 3.8) is 0 Å². The van der Waals surface area contributed by atoms with Gasteiger partial charge in [0.05, 0.1) is 0 Å². The molecule has 0 saturated heterocycles. The molecule has 1 saturated carbocycles. The molecule has 3 rings (SSSR count). The van der Waals surface area contributed by atoms with Crippen molar-refractivity contribution in [2.45, 2.75) is 56.9 Å². The van der Waals surface area contributed by atoms with Crippen molar-refractivity contribution in [3.05, 3.63) is 35.4 Å². The molecule has 2 unspecified atom stereocenters. The molecule has 0 aromatic heterocycles. The highest BCUT2D eigenvalue weighted by molar-refractivity contribution is 5.34. The lowest BCUT2D eigenvalue weighted by Crippen LogP contribution is -2.39. The van der Waals surface area contributed by atoms with E-state index in [1.807, 2.05) is 0 Å². The quantitative estimate of drug-likeness (QED) is 0.849. The molecule has 98 valence electrons. The fraction of sp³-hybridized carbons (Fsp3) is 0.647. The lowest BCUT2D eigenvalue weighted by Gasteiger charge is -2.35. The maximum atomic E-state index is 3.65. The molecule has 0 spiro atoms. The summed E-state index contributed by atoms with van der Waals surface area (Å²) in [6, 6.07) is 9.83. The first-order valence-electron chi connectivity index (χ1n) is 7.65. The molecule has 1 N–H and O–H groups in total. The maximum Gasteiger partial charge on any atom is 0.0161 e. The van der Waals surface area contributed by atoms with Crippen LogP contribution in [0.3, 0.4) is 0 Å². The van der Waals surface area contributed by atoms with Crippen molar-refractivity contribution in [2.75, 3.05) is 7.05 Å². The second-order valence-corrected chi connectivity index (χ2v) is 6.06. The summed E-state index contributed by atoms with van der Waals surface area (Å²) in [5.74, 6) is 1.66. The average molecular weight is 243 g/mol. The largest absolute Gasteiger partial charge is 0.316 e. The SMILES string of the molecule is CNC(C1CCCC1)C1CCCc2ccccc21. The minimum atomic E-state index is 0.703. The van der Waals surface area contributed by atoms with Crippen LogP contribution in [-0.2, 0) is 6.42 Å². The molecule has 0 heterocycles. The van der Waals surface area contributed by atoms with Gasteiger partial charge in [-0.2, -0.15) is 0 Å². The predicted molar refractivity (Wildman–Crippen MR) is 76.9 cm³/mol. The molecule has 1 fully saturated rings. The molecule has 1 aromatic rings. The highest BCUT2D eigenvalue weighted by Crippen LogP contribution is 2.40. The monoisotopic (exact) mass is 243 g/mol. The zero-order valence-electron chi connectivity index (χ0n) is 11.5. The summed E-state index contributed by atoms with van der Waals surface area (Å²) in [5.41, 5.74) is 3.24. The van der Waals surface area contributed by atoms with Crippen molar-refractivity contribution in [1.29, 1.82) is 0 Å². The van der Waals surface area contributed by atoms with Crippen LogP contribution in [0.1, 0.15) is 55.6 Å². The van der Waals surface area contributed by atoms with Crippen LogP contribution in [0.5, 0.6) is 0 Å². The van der Waals surface area contributed by atoms with Crippen LogP contribution < -0.4 is 5.32 Å². The highest BCUT2D eigenvalue weighted by atomic mass is 14.9. The van der Waals surface area contributed by atoms with Crippen LogP contribution in [0.2, 0.25) is 0 Å². The number of hydrogen-bond acceptors (Lipinski definition) is 1. The van der Waals surface area contributed by atoms with Crippen LogP contribution >= 0.6 is 0 Å². The number of aryl methyl sites for hydroxylation is 1. The van der Waals surface area contributed by atoms with Crippen LogP contribution in [-0.4, -0.2) is 13.1 Å². The van der Waals surface area contributed by atoms with Gasteiger partial charge in [-0.25, -0.2) is 0 Å². The molecule has 1 nitrogen and oxygen atoms in total. The van der Waals surface area contributed by atoms with Gasteiger partial charge in [0, 0.05) is 6.04 Å². The smallest absolute Gasteiger partial charge is 0.0161 e. The molecule has 2 atom stereocenters. The summed E-state index contributed by atoms with van der Waals surface area (Å²) >= 11 is 0. The zero-order valence-corrected chi connectivity index (χ0v) is 11.5. The van der Waals surface area contributed by atoms with E-state index in [9.17, 15) is 0 Å². The van der Waals surface area contributed by atoms with Crippen molar-refractivity contribution < 1.29 is 0 Å². The lowest BCUT2D eigenvalue weighted by molar-refractivity contribution is 0.305. The fourth-order valence-electron chi connectivity index (χ4n) is 4.25. The molecule has 1 aromatic carbocycles. The summed E-state index contributed by atoms with van der Waals surface area (Å²) in [6.45, 7) is 0. The van der Waals surface area contributed by atoms with E-state index in [-0.39, 0.29) is 0 Å². The van der Waals surface area contributed by atoms with Gasteiger partial charge in [0.1, 0.15) is 0 Å². The number of hydrogen-bond donors (Lipinski definition) is 1. The molecule has 0 aliphatic heterocycles. The molecule has 0 bridgehead atoms. The molecule has 0 radical (unpaired) electrons. The van der Waals surface area contributed by atoms with Gasteiger partial charge in [0.15, 0.2) is 0 Å². The Morgan fingerprint density at radius 2 is 1.83 bits per heavy atom. The first-order valence-corrected chi connectivity index (χ1v) is 7.65. The third-order valence-corrected chi connectivity index (χ3v) is 5.09. The first kappa shape index (κ1) is 12.2. The van der Waals surface area contributed by atoms with E-state index in [0.29, 0.717) is 6.04 Å². The molecular formula is C17H25N. The van der Waals surface area contributed by atoms with Gasteiger partial charge in [0.2, 0.25) is 0 Å². The minimum Gasteiger partial charge on any atom is -0.316 e.